The first-order chi connectivity index (χ1) is 9.49. The van der Waals surface area contributed by atoms with Gasteiger partial charge in [0.2, 0.25) is 5.75 Å². The summed E-state index contributed by atoms with van der Waals surface area (Å²) in [6.07, 6.45) is 1.33. The van der Waals surface area contributed by atoms with Gasteiger partial charge in [0.1, 0.15) is 0 Å². The number of hydrazone groups is 1. The van der Waals surface area contributed by atoms with E-state index in [-0.39, 0.29) is 12.4 Å². The fourth-order valence-electron chi connectivity index (χ4n) is 1.31. The Hall–Kier alpha value is -2.42. The van der Waals surface area contributed by atoms with Crippen molar-refractivity contribution in [3.8, 4) is 11.5 Å². The maximum atomic E-state index is 10.9. The number of rotatable bonds is 5. The second kappa shape index (κ2) is 7.24. The van der Waals surface area contributed by atoms with Crippen LogP contribution in [-0.4, -0.2) is 35.0 Å². The van der Waals surface area contributed by atoms with Gasteiger partial charge in [-0.05, 0) is 25.2 Å². The molecule has 0 aliphatic heterocycles. The minimum atomic E-state index is -0.694. The Bertz CT molecular complexity index is 547. The highest BCUT2D eigenvalue weighted by molar-refractivity contribution is 7.80. The maximum absolute atomic E-state index is 10.9. The van der Waals surface area contributed by atoms with Crippen molar-refractivity contribution in [3.05, 3.63) is 27.8 Å². The molecular weight excluding hydrogens is 284 g/mol. The highest BCUT2D eigenvalue weighted by Crippen LogP contribution is 2.36. The summed E-state index contributed by atoms with van der Waals surface area (Å²) in [5, 5.41) is 27.3. The topological polar surface area (TPSA) is 109 Å². The number of phenols is 1. The van der Waals surface area contributed by atoms with Gasteiger partial charge >= 0.3 is 5.69 Å². The molecule has 8 nitrogen and oxygen atoms in total. The van der Waals surface area contributed by atoms with Crippen LogP contribution in [0.1, 0.15) is 12.5 Å². The number of nitrogens with one attached hydrogen (secondary N) is 2. The van der Waals surface area contributed by atoms with Gasteiger partial charge in [-0.15, -0.1) is 0 Å². The first kappa shape index (κ1) is 15.6. The largest absolute Gasteiger partial charge is 0.500 e. The maximum Gasteiger partial charge on any atom is 0.315 e. The van der Waals surface area contributed by atoms with E-state index in [0.717, 1.165) is 0 Å². The lowest BCUT2D eigenvalue weighted by atomic mass is 10.2. The highest BCUT2D eigenvalue weighted by Gasteiger charge is 2.19. The zero-order chi connectivity index (χ0) is 15.1. The molecule has 0 saturated heterocycles. The molecule has 0 heterocycles. The van der Waals surface area contributed by atoms with E-state index in [0.29, 0.717) is 10.7 Å². The number of benzene rings is 1. The average molecular weight is 298 g/mol. The summed E-state index contributed by atoms with van der Waals surface area (Å²) >= 11 is 4.82. The Kier molecular flexibility index (Phi) is 5.66. The Morgan fingerprint density at radius 1 is 1.65 bits per heavy atom. The van der Waals surface area contributed by atoms with E-state index in [1.165, 1.54) is 18.3 Å². The third-order valence-electron chi connectivity index (χ3n) is 2.18. The number of ether oxygens (including phenoxy) is 1. The van der Waals surface area contributed by atoms with Crippen molar-refractivity contribution in [2.45, 2.75) is 6.92 Å². The molecule has 3 N–H and O–H groups in total. The van der Waals surface area contributed by atoms with Gasteiger partial charge in [0.25, 0.3) is 0 Å². The van der Waals surface area contributed by atoms with Crippen molar-refractivity contribution >= 4 is 29.2 Å². The number of thiocarbonyl (C=S) groups is 1. The summed E-state index contributed by atoms with van der Waals surface area (Å²) in [5.41, 5.74) is 2.45. The Labute approximate surface area is 120 Å². The molecule has 1 aromatic carbocycles. The molecule has 0 amide bonds. The lowest BCUT2D eigenvalue weighted by Crippen LogP contribution is -2.28. The molecule has 0 fully saturated rings. The van der Waals surface area contributed by atoms with Crippen LogP contribution in [0.2, 0.25) is 0 Å². The van der Waals surface area contributed by atoms with E-state index in [1.807, 2.05) is 0 Å². The molecule has 0 spiro atoms. The van der Waals surface area contributed by atoms with Crippen molar-refractivity contribution in [2.24, 2.45) is 5.10 Å². The van der Waals surface area contributed by atoms with Gasteiger partial charge in [0.15, 0.2) is 10.9 Å². The molecule has 0 aromatic heterocycles. The predicted molar refractivity (Wildman–Crippen MR) is 78.3 cm³/mol. The van der Waals surface area contributed by atoms with Crippen LogP contribution >= 0.6 is 12.2 Å². The van der Waals surface area contributed by atoms with Crippen LogP contribution in [0.25, 0.3) is 0 Å². The average Bonchev–Trinajstić information content (AvgIpc) is 2.41. The van der Waals surface area contributed by atoms with E-state index < -0.39 is 16.4 Å². The molecule has 0 aliphatic carbocycles. The van der Waals surface area contributed by atoms with Crippen molar-refractivity contribution in [2.75, 3.05) is 13.7 Å². The van der Waals surface area contributed by atoms with Gasteiger partial charge in [-0.3, -0.25) is 15.5 Å². The van der Waals surface area contributed by atoms with E-state index >= 15 is 0 Å². The van der Waals surface area contributed by atoms with E-state index in [4.69, 9.17) is 17.0 Å². The van der Waals surface area contributed by atoms with Gasteiger partial charge in [0, 0.05) is 18.7 Å². The summed E-state index contributed by atoms with van der Waals surface area (Å²) in [5.74, 6) is -0.480. The SMILES string of the molecule is CCOc1cc(/C=N\NC(=S)NC)cc([N+](=O)[O-])c1O. The minimum absolute atomic E-state index is 0.0272. The standard InChI is InChI=1S/C11H14N4O4S/c1-3-19-9-5-7(6-13-14-11(20)12-2)4-8(10(9)16)15(17)18/h4-6,16H,3H2,1-2H3,(H2,12,14,20)/b13-6-. The van der Waals surface area contributed by atoms with Crippen LogP contribution in [-0.2, 0) is 0 Å². The molecule has 0 unspecified atom stereocenters. The van der Waals surface area contributed by atoms with Crippen LogP contribution in [0.4, 0.5) is 5.69 Å². The molecule has 0 saturated carbocycles. The summed E-state index contributed by atoms with van der Waals surface area (Å²) in [6.45, 7) is 1.98. The number of phenolic OH excluding ortho intramolecular Hbond substituents is 1. The first-order valence-corrected chi connectivity index (χ1v) is 6.05. The summed E-state index contributed by atoms with van der Waals surface area (Å²) < 4.78 is 5.14. The lowest BCUT2D eigenvalue weighted by molar-refractivity contribution is -0.386. The molecule has 0 radical (unpaired) electrons. The number of hydrogen-bond donors (Lipinski definition) is 3. The van der Waals surface area contributed by atoms with Crippen LogP contribution in [0, 0.1) is 10.1 Å². The van der Waals surface area contributed by atoms with Gasteiger partial charge in [0.05, 0.1) is 17.7 Å². The zero-order valence-electron chi connectivity index (χ0n) is 10.9. The second-order valence-electron chi connectivity index (χ2n) is 3.53. The highest BCUT2D eigenvalue weighted by atomic mass is 32.1. The van der Waals surface area contributed by atoms with Crippen LogP contribution < -0.4 is 15.5 Å². The summed E-state index contributed by atoms with van der Waals surface area (Å²) in [7, 11) is 1.63. The third kappa shape index (κ3) is 4.05. The smallest absolute Gasteiger partial charge is 0.315 e. The first-order valence-electron chi connectivity index (χ1n) is 5.64. The van der Waals surface area contributed by atoms with E-state index in [1.54, 1.807) is 14.0 Å². The van der Waals surface area contributed by atoms with Gasteiger partial charge in [-0.25, -0.2) is 0 Å². The predicted octanol–water partition coefficient (Wildman–Crippen LogP) is 1.13. The summed E-state index contributed by atoms with van der Waals surface area (Å²) in [6, 6.07) is 2.63. The quantitative estimate of drug-likeness (QED) is 0.323. The Morgan fingerprint density at radius 2 is 2.35 bits per heavy atom. The Morgan fingerprint density at radius 3 is 2.90 bits per heavy atom. The van der Waals surface area contributed by atoms with E-state index in [9.17, 15) is 15.2 Å². The van der Waals surface area contributed by atoms with Crippen LogP contribution in [0.5, 0.6) is 11.5 Å². The molecule has 108 valence electrons. The van der Waals surface area contributed by atoms with Crippen molar-refractivity contribution in [1.29, 1.82) is 0 Å². The number of nitro benzene ring substituents is 1. The van der Waals surface area contributed by atoms with Crippen molar-refractivity contribution in [3.63, 3.8) is 0 Å². The molecule has 20 heavy (non-hydrogen) atoms. The minimum Gasteiger partial charge on any atom is -0.500 e. The molecular formula is C11H14N4O4S. The van der Waals surface area contributed by atoms with Crippen LogP contribution in [0.3, 0.4) is 0 Å². The second-order valence-corrected chi connectivity index (χ2v) is 3.93. The molecule has 1 rings (SSSR count). The number of aromatic hydroxyl groups is 1. The molecule has 0 atom stereocenters. The van der Waals surface area contributed by atoms with Gasteiger partial charge < -0.3 is 15.2 Å². The molecule has 9 heteroatoms. The number of nitrogens with zero attached hydrogens (tertiary/aromatic N) is 2. The lowest BCUT2D eigenvalue weighted by Gasteiger charge is -2.07. The van der Waals surface area contributed by atoms with E-state index in [2.05, 4.69) is 15.8 Å². The third-order valence-corrected chi connectivity index (χ3v) is 2.48. The molecule has 1 aromatic rings. The van der Waals surface area contributed by atoms with Crippen LogP contribution in [0.15, 0.2) is 17.2 Å². The van der Waals surface area contributed by atoms with Crippen molar-refractivity contribution in [1.82, 2.24) is 10.7 Å². The Balaban J connectivity index is 3.07. The normalized spacial score (nSPS) is 10.3. The monoisotopic (exact) mass is 298 g/mol. The zero-order valence-corrected chi connectivity index (χ0v) is 11.7. The van der Waals surface area contributed by atoms with Crippen molar-refractivity contribution < 1.29 is 14.8 Å². The number of nitro groups is 1. The summed E-state index contributed by atoms with van der Waals surface area (Å²) in [4.78, 5) is 10.2. The fraction of sp³-hybridized carbons (Fsp3) is 0.273. The van der Waals surface area contributed by atoms with Gasteiger partial charge in [-0.1, -0.05) is 0 Å². The number of hydrogen-bond acceptors (Lipinski definition) is 6. The molecule has 0 aliphatic rings. The van der Waals surface area contributed by atoms with Gasteiger partial charge in [-0.2, -0.15) is 5.10 Å². The molecule has 0 bridgehead atoms. The fourth-order valence-corrected chi connectivity index (χ4v) is 1.37.